The summed E-state index contributed by atoms with van der Waals surface area (Å²) in [7, 11) is 0. The quantitative estimate of drug-likeness (QED) is 0.110. The van der Waals surface area contributed by atoms with Crippen molar-refractivity contribution in [1.29, 1.82) is 0 Å². The second-order valence-electron chi connectivity index (χ2n) is 18.5. The first kappa shape index (κ1) is 46.1. The third-order valence-electron chi connectivity index (χ3n) is 13.9. The monoisotopic (exact) mass is 956 g/mol. The number of H-pyrrole nitrogens is 2. The number of hydrogen-bond donors (Lipinski definition) is 2. The minimum Gasteiger partial charge on any atom is -0.486 e. The maximum absolute atomic E-state index is 13.7. The molecule has 2 saturated heterocycles. The number of halogens is 1. The van der Waals surface area contributed by atoms with Gasteiger partial charge in [-0.2, -0.15) is 0 Å². The number of aromatic amines is 2. The van der Waals surface area contributed by atoms with Crippen LogP contribution >= 0.6 is 0 Å². The van der Waals surface area contributed by atoms with Crippen LogP contribution in [0.5, 0.6) is 46.0 Å². The number of anilines is 2. The standard InChI is InChI=1S/C29H30FN3O3.C29H31N3O3/c30-22-10-11-24-23(19-22)21(20-31-24)5-4-12-32-13-15-33(16-14-32)25-6-1-2-7-26(25)36-28-9-3-8-27-29(28)35-18-17-34-27;1-2-8-25-24(7-1)22(21-30-25)6-5-13-31-14-16-32(17-15-31)26-9-3-4-10-27(26)35-23-11-12-28-29(20-23)34-19-18-33-28/h1-3,6-11,19-20,31H,4-5,12-18H2;1-4,7-12,20-21,30H,5-6,13-19H2. The molecular formula is C58H61FN6O6. The molecule has 12 rings (SSSR count). The molecule has 0 aliphatic carbocycles. The van der Waals surface area contributed by atoms with Crippen molar-refractivity contribution < 1.29 is 32.8 Å². The molecule has 6 aromatic carbocycles. The van der Waals surface area contributed by atoms with Gasteiger partial charge in [0.05, 0.1) is 11.4 Å². The molecule has 366 valence electrons. The molecule has 0 amide bonds. The van der Waals surface area contributed by atoms with Gasteiger partial charge in [-0.25, -0.2) is 4.39 Å². The summed E-state index contributed by atoms with van der Waals surface area (Å²) in [6.45, 7) is 12.4. The van der Waals surface area contributed by atoms with Gasteiger partial charge >= 0.3 is 0 Å². The van der Waals surface area contributed by atoms with Crippen molar-refractivity contribution in [2.75, 3.05) is 102 Å². The number of hydrogen-bond acceptors (Lipinski definition) is 10. The van der Waals surface area contributed by atoms with E-state index in [1.165, 1.54) is 34.5 Å². The highest BCUT2D eigenvalue weighted by molar-refractivity contribution is 5.84. The summed E-state index contributed by atoms with van der Waals surface area (Å²) in [5.41, 5.74) is 7.06. The zero-order chi connectivity index (χ0) is 47.8. The zero-order valence-electron chi connectivity index (χ0n) is 40.1. The van der Waals surface area contributed by atoms with Crippen molar-refractivity contribution in [3.63, 3.8) is 0 Å². The SMILES string of the molecule is Fc1ccc2[nH]cc(CCCN3CCN(c4ccccc4Oc4cccc5c4OCCO5)CC3)c2c1.c1ccc(N2CCN(CCCc3c[nH]c4ccccc34)CC2)c(Oc2ccc3c(c2)OCCO3)c1. The van der Waals surface area contributed by atoms with Crippen molar-refractivity contribution in [2.45, 2.75) is 25.7 Å². The van der Waals surface area contributed by atoms with Crippen LogP contribution in [-0.4, -0.2) is 112 Å². The number of fused-ring (bicyclic) bond motifs is 4. The molecule has 12 nitrogen and oxygen atoms in total. The molecule has 2 fully saturated rings. The topological polar surface area (TPSA) is 99.9 Å². The van der Waals surface area contributed by atoms with E-state index >= 15 is 0 Å². The maximum Gasteiger partial charge on any atom is 0.204 e. The van der Waals surface area contributed by atoms with Crippen LogP contribution in [0, 0.1) is 5.82 Å². The highest BCUT2D eigenvalue weighted by Gasteiger charge is 2.24. The Morgan fingerprint density at radius 2 is 1.03 bits per heavy atom. The van der Waals surface area contributed by atoms with Crippen molar-refractivity contribution in [2.24, 2.45) is 0 Å². The Labute approximate surface area is 414 Å². The number of benzene rings is 6. The first-order valence-corrected chi connectivity index (χ1v) is 25.2. The summed E-state index contributed by atoms with van der Waals surface area (Å²) in [5, 5.41) is 2.35. The molecule has 13 heteroatoms. The molecule has 0 unspecified atom stereocenters. The third kappa shape index (κ3) is 10.9. The van der Waals surface area contributed by atoms with Gasteiger partial charge in [0, 0.05) is 92.6 Å². The van der Waals surface area contributed by atoms with Gasteiger partial charge in [0.25, 0.3) is 0 Å². The lowest BCUT2D eigenvalue weighted by molar-refractivity contribution is 0.166. The minimum absolute atomic E-state index is 0.184. The Balaban J connectivity index is 0.000000154. The van der Waals surface area contributed by atoms with Gasteiger partial charge in [-0.3, -0.25) is 9.80 Å². The van der Waals surface area contributed by atoms with Crippen LogP contribution in [0.25, 0.3) is 21.8 Å². The lowest BCUT2D eigenvalue weighted by Crippen LogP contribution is -2.46. The highest BCUT2D eigenvalue weighted by atomic mass is 19.1. The molecular weight excluding hydrogens is 896 g/mol. The van der Waals surface area contributed by atoms with Crippen molar-refractivity contribution >= 4 is 33.2 Å². The summed E-state index contributed by atoms with van der Waals surface area (Å²) in [6, 6.07) is 41.5. The Kier molecular flexibility index (Phi) is 14.1. The predicted octanol–water partition coefficient (Wildman–Crippen LogP) is 11.1. The lowest BCUT2D eigenvalue weighted by atomic mass is 10.1. The fourth-order valence-corrected chi connectivity index (χ4v) is 10.2. The van der Waals surface area contributed by atoms with Gasteiger partial charge in [-0.15, -0.1) is 0 Å². The molecule has 0 atom stereocenters. The lowest BCUT2D eigenvalue weighted by Gasteiger charge is -2.36. The molecule has 8 aromatic rings. The van der Waals surface area contributed by atoms with Crippen LogP contribution in [0.4, 0.5) is 15.8 Å². The van der Waals surface area contributed by atoms with Gasteiger partial charge in [0.15, 0.2) is 34.5 Å². The third-order valence-corrected chi connectivity index (χ3v) is 13.9. The first-order chi connectivity index (χ1) is 35.1. The van der Waals surface area contributed by atoms with Gasteiger partial charge in [0.2, 0.25) is 5.75 Å². The molecule has 4 aliphatic heterocycles. The smallest absolute Gasteiger partial charge is 0.204 e. The molecule has 2 N–H and O–H groups in total. The Morgan fingerprint density at radius 1 is 0.465 bits per heavy atom. The zero-order valence-corrected chi connectivity index (χ0v) is 40.1. The van der Waals surface area contributed by atoms with Gasteiger partial charge in [-0.05, 0) is 123 Å². The summed E-state index contributed by atoms with van der Waals surface area (Å²) in [4.78, 5) is 16.6. The number of nitrogens with zero attached hydrogens (tertiary/aromatic N) is 4. The normalized spacial score (nSPS) is 15.9. The number of rotatable bonds is 14. The van der Waals surface area contributed by atoms with Crippen LogP contribution in [0.2, 0.25) is 0 Å². The van der Waals surface area contributed by atoms with Gasteiger partial charge in [0.1, 0.15) is 38.0 Å². The second-order valence-corrected chi connectivity index (χ2v) is 18.5. The van der Waals surface area contributed by atoms with E-state index in [9.17, 15) is 4.39 Å². The van der Waals surface area contributed by atoms with Gasteiger partial charge in [-0.1, -0.05) is 48.5 Å². The van der Waals surface area contributed by atoms with E-state index < -0.39 is 0 Å². The number of piperazine rings is 2. The van der Waals surface area contributed by atoms with Crippen LogP contribution in [-0.2, 0) is 12.8 Å². The molecule has 0 saturated carbocycles. The van der Waals surface area contributed by atoms with E-state index in [0.29, 0.717) is 37.9 Å². The molecule has 0 spiro atoms. The van der Waals surface area contributed by atoms with Crippen molar-refractivity contribution in [3.05, 3.63) is 157 Å². The van der Waals surface area contributed by atoms with Crippen LogP contribution in [0.15, 0.2) is 140 Å². The van der Waals surface area contributed by atoms with Crippen LogP contribution in [0.1, 0.15) is 24.0 Å². The maximum atomic E-state index is 13.7. The van der Waals surface area contributed by atoms with Gasteiger partial charge < -0.3 is 48.2 Å². The molecule has 4 aliphatic rings. The van der Waals surface area contributed by atoms with Crippen LogP contribution in [0.3, 0.4) is 0 Å². The predicted molar refractivity (Wildman–Crippen MR) is 278 cm³/mol. The number of ether oxygens (including phenoxy) is 6. The number of aromatic nitrogens is 2. The number of aryl methyl sites for hydroxylation is 2. The molecule has 2 aromatic heterocycles. The molecule has 0 radical (unpaired) electrons. The van der Waals surface area contributed by atoms with Crippen LogP contribution < -0.4 is 38.2 Å². The largest absolute Gasteiger partial charge is 0.486 e. The summed E-state index contributed by atoms with van der Waals surface area (Å²) < 4.78 is 49.2. The average Bonchev–Trinajstić information content (AvgIpc) is 4.03. The van der Waals surface area contributed by atoms with E-state index in [2.05, 4.69) is 84.3 Å². The number of nitrogens with one attached hydrogen (secondary N) is 2. The summed E-state index contributed by atoms with van der Waals surface area (Å²) in [6.07, 6.45) is 8.45. The number of para-hydroxylation sites is 6. The van der Waals surface area contributed by atoms with Crippen molar-refractivity contribution in [3.8, 4) is 46.0 Å². The summed E-state index contributed by atoms with van der Waals surface area (Å²) >= 11 is 0. The van der Waals surface area contributed by atoms with E-state index in [4.69, 9.17) is 28.4 Å². The second kappa shape index (κ2) is 21.7. The summed E-state index contributed by atoms with van der Waals surface area (Å²) in [5.74, 6) is 5.86. The van der Waals surface area contributed by atoms with E-state index in [1.807, 2.05) is 72.9 Å². The molecule has 71 heavy (non-hydrogen) atoms. The Morgan fingerprint density at radius 3 is 1.73 bits per heavy atom. The van der Waals surface area contributed by atoms with E-state index in [-0.39, 0.29) is 5.82 Å². The average molecular weight is 957 g/mol. The first-order valence-electron chi connectivity index (χ1n) is 25.2. The van der Waals surface area contributed by atoms with Crippen molar-refractivity contribution in [1.82, 2.24) is 19.8 Å². The highest BCUT2D eigenvalue weighted by Crippen LogP contribution is 2.43. The fourth-order valence-electron chi connectivity index (χ4n) is 10.2. The fraction of sp³-hybridized carbons (Fsp3) is 0.310. The molecule has 6 heterocycles. The minimum atomic E-state index is -0.184. The Hall–Kier alpha value is -7.35. The van der Waals surface area contributed by atoms with E-state index in [1.54, 1.807) is 6.07 Å². The Bertz CT molecular complexity index is 3050. The van der Waals surface area contributed by atoms with E-state index in [0.717, 1.165) is 141 Å². The molecule has 0 bridgehead atoms.